The van der Waals surface area contributed by atoms with Gasteiger partial charge in [-0.25, -0.2) is 0 Å². The van der Waals surface area contributed by atoms with Gasteiger partial charge in [0, 0.05) is 16.1 Å². The van der Waals surface area contributed by atoms with Crippen LogP contribution in [0.2, 0.25) is 0 Å². The van der Waals surface area contributed by atoms with Gasteiger partial charge in [-0.05, 0) is 35.5 Å². The minimum Gasteiger partial charge on any atom is -0.268 e. The summed E-state index contributed by atoms with van der Waals surface area (Å²) in [4.78, 5) is 36.6. The molecule has 0 spiro atoms. The van der Waals surface area contributed by atoms with Crippen molar-refractivity contribution in [2.45, 2.75) is 6.54 Å². The molecule has 2 aromatic carbocycles. The van der Waals surface area contributed by atoms with Crippen molar-refractivity contribution in [3.63, 3.8) is 0 Å². The average Bonchev–Trinajstić information content (AvgIpc) is 2.85. The summed E-state index contributed by atoms with van der Waals surface area (Å²) in [5, 5.41) is 10.6. The molecule has 126 valence electrons. The predicted octanol–water partition coefficient (Wildman–Crippen LogP) is 4.59. The predicted molar refractivity (Wildman–Crippen MR) is 98.8 cm³/mol. The van der Waals surface area contributed by atoms with E-state index in [4.69, 9.17) is 0 Å². The first-order chi connectivity index (χ1) is 12.0. The van der Waals surface area contributed by atoms with E-state index >= 15 is 0 Å². The van der Waals surface area contributed by atoms with Gasteiger partial charge >= 0.3 is 0 Å². The third-order valence-corrected chi connectivity index (χ3v) is 4.99. The number of benzene rings is 2. The zero-order valence-electron chi connectivity index (χ0n) is 12.7. The van der Waals surface area contributed by atoms with E-state index in [-0.39, 0.29) is 12.2 Å². The van der Waals surface area contributed by atoms with Crippen molar-refractivity contribution in [3.05, 3.63) is 79.2 Å². The van der Waals surface area contributed by atoms with Gasteiger partial charge in [0.1, 0.15) is 0 Å². The summed E-state index contributed by atoms with van der Waals surface area (Å²) in [6, 6.07) is 13.4. The Morgan fingerprint density at radius 1 is 1.12 bits per heavy atom. The van der Waals surface area contributed by atoms with Crippen molar-refractivity contribution in [1.82, 2.24) is 4.90 Å². The van der Waals surface area contributed by atoms with Crippen LogP contribution in [0, 0.1) is 10.1 Å². The lowest BCUT2D eigenvalue weighted by Crippen LogP contribution is -2.27. The Kier molecular flexibility index (Phi) is 5.00. The van der Waals surface area contributed by atoms with Crippen LogP contribution in [0.5, 0.6) is 0 Å². The Bertz CT molecular complexity index is 896. The third-order valence-electron chi connectivity index (χ3n) is 3.56. The van der Waals surface area contributed by atoms with E-state index in [0.29, 0.717) is 10.5 Å². The van der Waals surface area contributed by atoms with E-state index in [0.717, 1.165) is 26.7 Å². The fraction of sp³-hybridized carbons (Fsp3) is 0.0588. The van der Waals surface area contributed by atoms with Crippen LogP contribution in [0.3, 0.4) is 0 Å². The second-order valence-corrected chi connectivity index (χ2v) is 7.11. The molecule has 1 saturated heterocycles. The zero-order chi connectivity index (χ0) is 18.0. The Labute approximate surface area is 155 Å². The van der Waals surface area contributed by atoms with Crippen LogP contribution in [0.15, 0.2) is 57.9 Å². The lowest BCUT2D eigenvalue weighted by molar-refractivity contribution is -0.385. The van der Waals surface area contributed by atoms with Crippen LogP contribution in [0.1, 0.15) is 11.1 Å². The maximum Gasteiger partial charge on any atom is 0.293 e. The number of hydrogen-bond donors (Lipinski definition) is 0. The molecule has 3 rings (SSSR count). The summed E-state index contributed by atoms with van der Waals surface area (Å²) in [7, 11) is 0. The summed E-state index contributed by atoms with van der Waals surface area (Å²) in [5.74, 6) is -0.448. The fourth-order valence-corrected chi connectivity index (χ4v) is 3.44. The van der Waals surface area contributed by atoms with Crippen LogP contribution in [-0.4, -0.2) is 21.0 Å². The molecule has 1 fully saturated rings. The number of nitro groups is 1. The largest absolute Gasteiger partial charge is 0.293 e. The first-order valence-electron chi connectivity index (χ1n) is 7.19. The fourth-order valence-electron chi connectivity index (χ4n) is 2.34. The molecule has 0 N–H and O–H groups in total. The molecule has 1 aliphatic heterocycles. The summed E-state index contributed by atoms with van der Waals surface area (Å²) in [6.45, 7) is -0.125. The highest BCUT2D eigenvalue weighted by Crippen LogP contribution is 2.34. The van der Waals surface area contributed by atoms with Crippen LogP contribution in [0.4, 0.5) is 10.5 Å². The van der Waals surface area contributed by atoms with Crippen molar-refractivity contribution in [2.75, 3.05) is 0 Å². The second kappa shape index (κ2) is 7.20. The summed E-state index contributed by atoms with van der Waals surface area (Å²) >= 11 is 4.17. The van der Waals surface area contributed by atoms with Crippen molar-refractivity contribution in [2.24, 2.45) is 0 Å². The van der Waals surface area contributed by atoms with Crippen LogP contribution in [-0.2, 0) is 11.3 Å². The number of thioether (sulfide) groups is 1. The second-order valence-electron chi connectivity index (χ2n) is 5.21. The Hall–Kier alpha value is -2.45. The first kappa shape index (κ1) is 17.4. The summed E-state index contributed by atoms with van der Waals surface area (Å²) in [6.07, 6.45) is 1.64. The molecular weight excluding hydrogens is 408 g/mol. The van der Waals surface area contributed by atoms with Crippen molar-refractivity contribution in [1.29, 1.82) is 0 Å². The number of para-hydroxylation sites is 1. The number of carbonyl (C=O) groups excluding carboxylic acids is 2. The van der Waals surface area contributed by atoms with Crippen molar-refractivity contribution in [3.8, 4) is 0 Å². The van der Waals surface area contributed by atoms with Gasteiger partial charge in [-0.3, -0.25) is 24.6 Å². The first-order valence-corrected chi connectivity index (χ1v) is 8.80. The van der Waals surface area contributed by atoms with Gasteiger partial charge in [0.15, 0.2) is 0 Å². The number of imide groups is 1. The summed E-state index contributed by atoms with van der Waals surface area (Å²) < 4.78 is 0.911. The number of nitro benzene ring substituents is 1. The molecule has 0 unspecified atom stereocenters. The molecular formula is C17H11BrN2O4S. The van der Waals surface area contributed by atoms with Crippen molar-refractivity contribution < 1.29 is 14.5 Å². The monoisotopic (exact) mass is 418 g/mol. The van der Waals surface area contributed by atoms with E-state index in [9.17, 15) is 19.7 Å². The van der Waals surface area contributed by atoms with Gasteiger partial charge < -0.3 is 0 Å². The van der Waals surface area contributed by atoms with Gasteiger partial charge in [0.25, 0.3) is 16.8 Å². The number of nitrogens with zero attached hydrogens (tertiary/aromatic N) is 2. The zero-order valence-corrected chi connectivity index (χ0v) is 15.1. The van der Waals surface area contributed by atoms with E-state index < -0.39 is 16.1 Å². The lowest BCUT2D eigenvalue weighted by Gasteiger charge is -2.12. The van der Waals surface area contributed by atoms with Gasteiger partial charge in [0.2, 0.25) is 0 Å². The quantitative estimate of drug-likeness (QED) is 0.411. The lowest BCUT2D eigenvalue weighted by atomic mass is 10.1. The normalized spacial score (nSPS) is 15.9. The highest BCUT2D eigenvalue weighted by molar-refractivity contribution is 9.10. The van der Waals surface area contributed by atoms with Crippen LogP contribution < -0.4 is 0 Å². The van der Waals surface area contributed by atoms with E-state index in [1.54, 1.807) is 24.3 Å². The van der Waals surface area contributed by atoms with Crippen LogP contribution in [0.25, 0.3) is 6.08 Å². The van der Waals surface area contributed by atoms with Gasteiger partial charge in [-0.2, -0.15) is 0 Å². The van der Waals surface area contributed by atoms with E-state index in [1.165, 1.54) is 6.07 Å². The number of hydrogen-bond acceptors (Lipinski definition) is 5. The molecule has 0 aromatic heterocycles. The molecule has 1 heterocycles. The number of carbonyl (C=O) groups is 2. The topological polar surface area (TPSA) is 80.5 Å². The third kappa shape index (κ3) is 3.80. The minimum absolute atomic E-state index is 0.113. The van der Waals surface area contributed by atoms with Crippen molar-refractivity contribution >= 4 is 50.6 Å². The highest BCUT2D eigenvalue weighted by Gasteiger charge is 2.36. The molecule has 2 amide bonds. The minimum atomic E-state index is -0.522. The standard InChI is InChI=1S/C17H11BrN2O4S/c18-13-7-5-11(6-8-13)9-15-16(21)19(17(22)25-15)10-12-3-1-2-4-14(12)20(23)24/h1-9H,10H2/b15-9-. The molecule has 1 aliphatic rings. The maximum atomic E-state index is 12.5. The molecule has 6 nitrogen and oxygen atoms in total. The molecule has 8 heteroatoms. The molecule has 0 atom stereocenters. The van der Waals surface area contributed by atoms with E-state index in [2.05, 4.69) is 15.9 Å². The molecule has 0 bridgehead atoms. The molecule has 0 radical (unpaired) electrons. The Balaban J connectivity index is 1.85. The maximum absolute atomic E-state index is 12.5. The Morgan fingerprint density at radius 2 is 1.80 bits per heavy atom. The van der Waals surface area contributed by atoms with E-state index in [1.807, 2.05) is 24.3 Å². The highest BCUT2D eigenvalue weighted by atomic mass is 79.9. The molecule has 25 heavy (non-hydrogen) atoms. The SMILES string of the molecule is O=C1S/C(=C\c2ccc(Br)cc2)C(=O)N1Cc1ccccc1[N+](=O)[O-]. The molecule has 0 aliphatic carbocycles. The average molecular weight is 419 g/mol. The van der Waals surface area contributed by atoms with Gasteiger partial charge in [0.05, 0.1) is 16.4 Å². The molecule has 2 aromatic rings. The summed E-state index contributed by atoms with van der Waals surface area (Å²) in [5.41, 5.74) is 0.998. The Morgan fingerprint density at radius 3 is 2.48 bits per heavy atom. The number of rotatable bonds is 4. The number of amides is 2. The van der Waals surface area contributed by atoms with Gasteiger partial charge in [-0.1, -0.05) is 46.3 Å². The smallest absolute Gasteiger partial charge is 0.268 e. The van der Waals surface area contributed by atoms with Gasteiger partial charge in [-0.15, -0.1) is 0 Å². The number of halogens is 1. The molecule has 0 saturated carbocycles. The van der Waals surface area contributed by atoms with Crippen LogP contribution >= 0.6 is 27.7 Å².